The predicted octanol–water partition coefficient (Wildman–Crippen LogP) is 2.06. The van der Waals surface area contributed by atoms with Crippen LogP contribution in [0.5, 0.6) is 11.5 Å². The zero-order valence-corrected chi connectivity index (χ0v) is 16.2. The number of hydrogen-bond donors (Lipinski definition) is 0. The second kappa shape index (κ2) is 8.04. The lowest BCUT2D eigenvalue weighted by Crippen LogP contribution is -2.33. The lowest BCUT2D eigenvalue weighted by Gasteiger charge is -2.17. The van der Waals surface area contributed by atoms with E-state index in [0.717, 1.165) is 5.56 Å². The molecule has 146 valence electrons. The van der Waals surface area contributed by atoms with Gasteiger partial charge in [0.2, 0.25) is 5.91 Å². The van der Waals surface area contributed by atoms with Crippen LogP contribution in [0.1, 0.15) is 17.7 Å². The van der Waals surface area contributed by atoms with Crippen molar-refractivity contribution in [2.75, 3.05) is 27.3 Å². The van der Waals surface area contributed by atoms with Crippen LogP contribution in [0.2, 0.25) is 0 Å². The van der Waals surface area contributed by atoms with Crippen LogP contribution in [-0.4, -0.2) is 51.8 Å². The molecule has 0 radical (unpaired) electrons. The summed E-state index contributed by atoms with van der Waals surface area (Å²) in [5.74, 6) is 1.34. The summed E-state index contributed by atoms with van der Waals surface area (Å²) in [4.78, 5) is 14.2. The largest absolute Gasteiger partial charge is 0.493 e. The summed E-state index contributed by atoms with van der Waals surface area (Å²) in [6.45, 7) is 0.656. The van der Waals surface area contributed by atoms with E-state index in [-0.39, 0.29) is 24.6 Å². The molecule has 27 heavy (non-hydrogen) atoms. The van der Waals surface area contributed by atoms with Gasteiger partial charge in [-0.15, -0.1) is 0 Å². The summed E-state index contributed by atoms with van der Waals surface area (Å²) >= 11 is 0. The standard InChI is InChI=1S/C19H23NO6S/c1-24-17-6-5-14(10-18(17)25-2)11-19(21)20-8-7-16(12-20)27(22,23)13-15-4-3-9-26-15/h3-6,9-10,16H,7-8,11-13H2,1-2H3. The van der Waals surface area contributed by atoms with E-state index in [1.165, 1.54) is 6.26 Å². The molecule has 1 fully saturated rings. The first-order chi connectivity index (χ1) is 12.9. The minimum absolute atomic E-state index is 0.0991. The zero-order chi connectivity index (χ0) is 19.4. The molecule has 1 aromatic heterocycles. The highest BCUT2D eigenvalue weighted by atomic mass is 32.2. The Morgan fingerprint density at radius 2 is 2.00 bits per heavy atom. The maximum Gasteiger partial charge on any atom is 0.227 e. The number of amides is 1. The summed E-state index contributed by atoms with van der Waals surface area (Å²) in [7, 11) is -0.274. The second-order valence-corrected chi connectivity index (χ2v) is 8.78. The number of furan rings is 1. The van der Waals surface area contributed by atoms with Crippen molar-refractivity contribution in [3.8, 4) is 11.5 Å². The number of ether oxygens (including phenoxy) is 2. The molecule has 7 nitrogen and oxygen atoms in total. The molecule has 1 amide bonds. The number of sulfone groups is 1. The fraction of sp³-hybridized carbons (Fsp3) is 0.421. The molecule has 0 spiro atoms. The van der Waals surface area contributed by atoms with E-state index in [1.54, 1.807) is 49.5 Å². The van der Waals surface area contributed by atoms with Gasteiger partial charge in [0.25, 0.3) is 0 Å². The topological polar surface area (TPSA) is 86.0 Å². The molecule has 3 rings (SSSR count). The fourth-order valence-electron chi connectivity index (χ4n) is 3.24. The highest BCUT2D eigenvalue weighted by molar-refractivity contribution is 7.91. The number of hydrogen-bond acceptors (Lipinski definition) is 6. The quantitative estimate of drug-likeness (QED) is 0.716. The van der Waals surface area contributed by atoms with Crippen LogP contribution >= 0.6 is 0 Å². The van der Waals surface area contributed by atoms with Gasteiger partial charge >= 0.3 is 0 Å². The molecule has 1 aromatic carbocycles. The Balaban J connectivity index is 1.62. The van der Waals surface area contributed by atoms with Crippen molar-refractivity contribution in [2.24, 2.45) is 0 Å². The molecular formula is C19H23NO6S. The van der Waals surface area contributed by atoms with Crippen molar-refractivity contribution in [1.82, 2.24) is 4.90 Å². The van der Waals surface area contributed by atoms with Gasteiger partial charge < -0.3 is 18.8 Å². The highest BCUT2D eigenvalue weighted by Crippen LogP contribution is 2.28. The predicted molar refractivity (Wildman–Crippen MR) is 99.6 cm³/mol. The third-order valence-electron chi connectivity index (χ3n) is 4.73. The van der Waals surface area contributed by atoms with Crippen molar-refractivity contribution < 1.29 is 27.1 Å². The lowest BCUT2D eigenvalue weighted by molar-refractivity contribution is -0.129. The van der Waals surface area contributed by atoms with Crippen molar-refractivity contribution in [2.45, 2.75) is 23.8 Å². The minimum Gasteiger partial charge on any atom is -0.493 e. The van der Waals surface area contributed by atoms with Crippen molar-refractivity contribution in [3.05, 3.63) is 47.9 Å². The van der Waals surface area contributed by atoms with Crippen LogP contribution in [0.4, 0.5) is 0 Å². The summed E-state index contributed by atoms with van der Waals surface area (Å²) in [5, 5.41) is -0.558. The monoisotopic (exact) mass is 393 g/mol. The number of nitrogens with zero attached hydrogens (tertiary/aromatic N) is 1. The summed E-state index contributed by atoms with van der Waals surface area (Å²) in [6, 6.07) is 8.63. The van der Waals surface area contributed by atoms with Crippen molar-refractivity contribution >= 4 is 15.7 Å². The van der Waals surface area contributed by atoms with Crippen molar-refractivity contribution in [3.63, 3.8) is 0 Å². The lowest BCUT2D eigenvalue weighted by atomic mass is 10.1. The van der Waals surface area contributed by atoms with E-state index in [1.807, 2.05) is 0 Å². The number of rotatable bonds is 7. The number of methoxy groups -OCH3 is 2. The second-order valence-electron chi connectivity index (χ2n) is 6.50. The molecule has 0 N–H and O–H groups in total. The van der Waals surface area contributed by atoms with Gasteiger partial charge in [-0.1, -0.05) is 6.07 Å². The molecule has 1 unspecified atom stereocenters. The van der Waals surface area contributed by atoms with Crippen LogP contribution in [0.15, 0.2) is 41.0 Å². The number of carbonyl (C=O) groups excluding carboxylic acids is 1. The summed E-state index contributed by atoms with van der Waals surface area (Å²) < 4.78 is 40.7. The average Bonchev–Trinajstić information content (AvgIpc) is 3.33. The third-order valence-corrected chi connectivity index (χ3v) is 6.82. The molecule has 0 aliphatic carbocycles. The molecule has 1 aliphatic rings. The Kier molecular flexibility index (Phi) is 5.74. The Hall–Kier alpha value is -2.48. The molecule has 0 saturated carbocycles. The number of benzene rings is 1. The molecule has 0 bridgehead atoms. The van der Waals surface area contributed by atoms with Gasteiger partial charge in [0, 0.05) is 13.1 Å². The highest BCUT2D eigenvalue weighted by Gasteiger charge is 2.35. The molecule has 1 atom stereocenters. The molecule has 1 saturated heterocycles. The van der Waals surface area contributed by atoms with Gasteiger partial charge in [0.1, 0.15) is 11.5 Å². The van der Waals surface area contributed by atoms with Crippen LogP contribution in [0, 0.1) is 0 Å². The van der Waals surface area contributed by atoms with E-state index in [0.29, 0.717) is 30.2 Å². The summed E-state index contributed by atoms with van der Waals surface area (Å²) in [5.41, 5.74) is 0.791. The van der Waals surface area contributed by atoms with Crippen LogP contribution < -0.4 is 9.47 Å². The van der Waals surface area contributed by atoms with Crippen LogP contribution in [0.25, 0.3) is 0 Å². The summed E-state index contributed by atoms with van der Waals surface area (Å²) in [6.07, 6.45) is 2.09. The average molecular weight is 393 g/mol. The first kappa shape index (κ1) is 19.3. The Morgan fingerprint density at radius 3 is 2.67 bits per heavy atom. The van der Waals surface area contributed by atoms with Crippen molar-refractivity contribution in [1.29, 1.82) is 0 Å². The SMILES string of the molecule is COc1ccc(CC(=O)N2CCC(S(=O)(=O)Cc3ccco3)C2)cc1OC. The molecular weight excluding hydrogens is 370 g/mol. The van der Waals surface area contributed by atoms with Gasteiger partial charge in [0.05, 0.1) is 32.2 Å². The van der Waals surface area contributed by atoms with E-state index >= 15 is 0 Å². The third kappa shape index (κ3) is 4.44. The Bertz CT molecular complexity index is 891. The Morgan fingerprint density at radius 1 is 1.22 bits per heavy atom. The van der Waals surface area contributed by atoms with E-state index in [2.05, 4.69) is 0 Å². The minimum atomic E-state index is -3.37. The first-order valence-corrected chi connectivity index (χ1v) is 10.4. The van der Waals surface area contributed by atoms with E-state index in [4.69, 9.17) is 13.9 Å². The van der Waals surface area contributed by atoms with Crippen LogP contribution in [0.3, 0.4) is 0 Å². The molecule has 2 aromatic rings. The normalized spacial score (nSPS) is 17.1. The van der Waals surface area contributed by atoms with Crippen LogP contribution in [-0.2, 0) is 26.8 Å². The van der Waals surface area contributed by atoms with Gasteiger partial charge in [0.15, 0.2) is 21.3 Å². The zero-order valence-electron chi connectivity index (χ0n) is 15.4. The first-order valence-electron chi connectivity index (χ1n) is 8.65. The molecule has 1 aliphatic heterocycles. The molecule has 2 heterocycles. The Labute approximate surface area is 158 Å². The number of carbonyl (C=O) groups is 1. The van der Waals surface area contributed by atoms with E-state index in [9.17, 15) is 13.2 Å². The van der Waals surface area contributed by atoms with Gasteiger partial charge in [-0.3, -0.25) is 4.79 Å². The van der Waals surface area contributed by atoms with Gasteiger partial charge in [-0.25, -0.2) is 8.42 Å². The smallest absolute Gasteiger partial charge is 0.227 e. The number of likely N-dealkylation sites (tertiary alicyclic amines) is 1. The van der Waals surface area contributed by atoms with E-state index < -0.39 is 15.1 Å². The maximum absolute atomic E-state index is 12.6. The maximum atomic E-state index is 12.6. The van der Waals surface area contributed by atoms with Gasteiger partial charge in [-0.05, 0) is 36.2 Å². The molecule has 8 heteroatoms. The fourth-order valence-corrected chi connectivity index (χ4v) is 4.90. The van der Waals surface area contributed by atoms with Gasteiger partial charge in [-0.2, -0.15) is 0 Å².